The van der Waals surface area contributed by atoms with E-state index in [-0.39, 0.29) is 17.5 Å². The van der Waals surface area contributed by atoms with Gasteiger partial charge in [0.05, 0.1) is 29.9 Å². The second kappa shape index (κ2) is 11.0. The van der Waals surface area contributed by atoms with Crippen molar-refractivity contribution in [2.45, 2.75) is 62.5 Å². The van der Waals surface area contributed by atoms with Crippen LogP contribution in [-0.2, 0) is 18.3 Å². The molecule has 0 aromatic carbocycles. The van der Waals surface area contributed by atoms with Crippen LogP contribution in [0.25, 0.3) is 22.3 Å². The van der Waals surface area contributed by atoms with Gasteiger partial charge in [0.2, 0.25) is 5.88 Å². The lowest BCUT2D eigenvalue weighted by atomic mass is 9.69. The number of H-pyrrole nitrogens is 1. The smallest absolute Gasteiger partial charge is 0.433 e. The Labute approximate surface area is 241 Å². The maximum atomic E-state index is 13.5. The fraction of sp³-hybridized carbons (Fsp3) is 0.483. The predicted molar refractivity (Wildman–Crippen MR) is 148 cm³/mol. The lowest BCUT2D eigenvalue weighted by Gasteiger charge is -2.52. The molecule has 0 unspecified atom stereocenters. The van der Waals surface area contributed by atoms with E-state index in [1.54, 1.807) is 26.4 Å². The van der Waals surface area contributed by atoms with Crippen LogP contribution in [0.5, 0.6) is 5.88 Å². The van der Waals surface area contributed by atoms with Crippen molar-refractivity contribution < 1.29 is 17.9 Å². The zero-order valence-electron chi connectivity index (χ0n) is 23.5. The second-order valence-electron chi connectivity index (χ2n) is 11.5. The summed E-state index contributed by atoms with van der Waals surface area (Å²) in [5.74, 6) is 0.0203. The van der Waals surface area contributed by atoms with Gasteiger partial charge in [-0.2, -0.15) is 23.5 Å². The molecule has 0 amide bonds. The third-order valence-electron chi connectivity index (χ3n) is 8.27. The maximum absolute atomic E-state index is 13.5. The molecule has 6 rings (SSSR count). The number of ether oxygens (including phenoxy) is 1. The van der Waals surface area contributed by atoms with Crippen LogP contribution in [0.2, 0.25) is 0 Å². The van der Waals surface area contributed by atoms with E-state index in [9.17, 15) is 18.4 Å². The number of aromatic nitrogens is 6. The van der Waals surface area contributed by atoms with Gasteiger partial charge in [0.1, 0.15) is 23.8 Å². The summed E-state index contributed by atoms with van der Waals surface area (Å²) in [5, 5.41) is 15.2. The molecule has 2 aliphatic rings. The highest BCUT2D eigenvalue weighted by atomic mass is 19.4. The largest absolute Gasteiger partial charge is 0.474 e. The summed E-state index contributed by atoms with van der Waals surface area (Å²) >= 11 is 0. The molecule has 0 bridgehead atoms. The Morgan fingerprint density at radius 2 is 1.98 bits per heavy atom. The van der Waals surface area contributed by atoms with Gasteiger partial charge in [-0.25, -0.2) is 15.0 Å². The van der Waals surface area contributed by atoms with Gasteiger partial charge in [0.15, 0.2) is 0 Å². The summed E-state index contributed by atoms with van der Waals surface area (Å²) in [6.45, 7) is 1.89. The normalized spacial score (nSPS) is 21.9. The molecule has 4 aromatic heterocycles. The van der Waals surface area contributed by atoms with E-state index >= 15 is 0 Å². The number of aromatic amines is 1. The van der Waals surface area contributed by atoms with Crippen LogP contribution < -0.4 is 4.74 Å². The fourth-order valence-corrected chi connectivity index (χ4v) is 6.19. The first-order valence-corrected chi connectivity index (χ1v) is 14.0. The van der Waals surface area contributed by atoms with Crippen molar-refractivity contribution in [3.05, 3.63) is 54.4 Å². The number of fused-ring (bicyclic) bond motifs is 1. The topological polar surface area (TPSA) is 112 Å². The van der Waals surface area contributed by atoms with Crippen molar-refractivity contribution in [1.29, 1.82) is 5.26 Å². The molecule has 220 valence electrons. The van der Waals surface area contributed by atoms with Gasteiger partial charge in [-0.1, -0.05) is 0 Å². The van der Waals surface area contributed by atoms with Gasteiger partial charge >= 0.3 is 6.18 Å². The summed E-state index contributed by atoms with van der Waals surface area (Å²) < 4.78 is 48.3. The van der Waals surface area contributed by atoms with Crippen molar-refractivity contribution in [1.82, 2.24) is 39.5 Å². The van der Waals surface area contributed by atoms with Crippen molar-refractivity contribution >= 4 is 11.0 Å². The molecule has 1 N–H and O–H groups in total. The molecule has 42 heavy (non-hydrogen) atoms. The number of hydrogen-bond acceptors (Lipinski definition) is 8. The van der Waals surface area contributed by atoms with Crippen molar-refractivity contribution in [2.24, 2.45) is 0 Å². The van der Waals surface area contributed by atoms with Crippen LogP contribution >= 0.6 is 0 Å². The van der Waals surface area contributed by atoms with E-state index in [2.05, 4.69) is 36.0 Å². The zero-order chi connectivity index (χ0) is 29.5. The summed E-state index contributed by atoms with van der Waals surface area (Å²) in [6, 6.07) is 7.26. The number of pyridine rings is 1. The van der Waals surface area contributed by atoms with Gasteiger partial charge in [0.25, 0.3) is 0 Å². The van der Waals surface area contributed by atoms with Crippen molar-refractivity contribution in [3.8, 4) is 23.2 Å². The molecule has 0 atom stereocenters. The highest BCUT2D eigenvalue weighted by molar-refractivity contribution is 5.90. The van der Waals surface area contributed by atoms with Crippen LogP contribution in [0, 0.1) is 11.3 Å². The molecule has 1 saturated heterocycles. The van der Waals surface area contributed by atoms with E-state index in [0.717, 1.165) is 54.3 Å². The first-order chi connectivity index (χ1) is 20.1. The number of piperidine rings is 1. The number of rotatable bonds is 8. The predicted octanol–water partition coefficient (Wildman–Crippen LogP) is 4.61. The summed E-state index contributed by atoms with van der Waals surface area (Å²) in [6.07, 6.45) is 5.67. The Bertz CT molecular complexity index is 1590. The Balaban J connectivity index is 1.09. The molecule has 0 spiro atoms. The lowest BCUT2D eigenvalue weighted by Crippen LogP contribution is -2.58. The van der Waals surface area contributed by atoms with E-state index in [4.69, 9.17) is 4.74 Å². The first kappa shape index (κ1) is 28.1. The summed E-state index contributed by atoms with van der Waals surface area (Å²) in [5.41, 5.74) is 1.61. The number of nitriles is 1. The summed E-state index contributed by atoms with van der Waals surface area (Å²) in [7, 11) is 3.61. The van der Waals surface area contributed by atoms with E-state index < -0.39 is 11.9 Å². The molecule has 10 nitrogen and oxygen atoms in total. The second-order valence-corrected chi connectivity index (χ2v) is 11.5. The molecular formula is C29H32F3N9O. The number of nitrogens with one attached hydrogen (secondary N) is 1. The van der Waals surface area contributed by atoms with Crippen LogP contribution in [0.4, 0.5) is 13.2 Å². The van der Waals surface area contributed by atoms with Gasteiger partial charge in [-0.15, -0.1) is 0 Å². The third kappa shape index (κ3) is 5.56. The van der Waals surface area contributed by atoms with Crippen LogP contribution in [0.15, 0.2) is 43.1 Å². The van der Waals surface area contributed by atoms with Gasteiger partial charge < -0.3 is 14.6 Å². The minimum absolute atomic E-state index is 0.0203. The standard InChI is InChI=1S/C29H32F3N9O/c1-39(2)16-19-11-24(29(30,31)32)38-25(12-19)42-22-4-9-40(10-5-22)21-13-28(14-21,6-7-33)41-17-20(15-37-41)26-23-3-8-34-27(23)36-18-35-26/h3,8,11-12,15,17-18,21-22H,4-6,9-10,13-14,16H2,1-2H3,(H,34,35,36)/t21-,28-. The van der Waals surface area contributed by atoms with Crippen LogP contribution in [0.1, 0.15) is 43.4 Å². The molecule has 1 aliphatic carbocycles. The molecule has 5 heterocycles. The Morgan fingerprint density at radius 3 is 2.69 bits per heavy atom. The van der Waals surface area contributed by atoms with Crippen molar-refractivity contribution in [3.63, 3.8) is 0 Å². The van der Waals surface area contributed by atoms with Crippen LogP contribution in [-0.4, -0.2) is 78.8 Å². The molecule has 1 saturated carbocycles. The number of alkyl halides is 3. The minimum atomic E-state index is -4.54. The highest BCUT2D eigenvalue weighted by Gasteiger charge is 2.49. The maximum Gasteiger partial charge on any atom is 0.433 e. The van der Waals surface area contributed by atoms with Gasteiger partial charge in [-0.05, 0) is 57.5 Å². The Kier molecular flexibility index (Phi) is 7.36. The minimum Gasteiger partial charge on any atom is -0.474 e. The molecular weight excluding hydrogens is 547 g/mol. The average Bonchev–Trinajstić information content (AvgIpc) is 3.60. The fourth-order valence-electron chi connectivity index (χ4n) is 6.19. The van der Waals surface area contributed by atoms with E-state index in [0.29, 0.717) is 37.4 Å². The van der Waals surface area contributed by atoms with Gasteiger partial charge in [-0.3, -0.25) is 9.58 Å². The third-order valence-corrected chi connectivity index (χ3v) is 8.27. The Morgan fingerprint density at radius 1 is 1.19 bits per heavy atom. The number of halogens is 3. The first-order valence-electron chi connectivity index (χ1n) is 14.0. The number of nitrogens with zero attached hydrogens (tertiary/aromatic N) is 8. The Hall–Kier alpha value is -4.02. The molecule has 2 fully saturated rings. The molecule has 13 heteroatoms. The quantitative estimate of drug-likeness (QED) is 0.322. The number of hydrogen-bond donors (Lipinski definition) is 1. The SMILES string of the molecule is CN(C)Cc1cc(OC2CCN([C@H]3C[C@](CC#N)(n4cc(-c5ncnc6[nH]ccc56)cn4)C3)CC2)nc(C(F)(F)F)c1. The number of likely N-dealkylation sites (tertiary alicyclic amines) is 1. The van der Waals surface area contributed by atoms with Gasteiger partial charge in [0, 0.05) is 55.1 Å². The van der Waals surface area contributed by atoms with E-state index in [1.165, 1.54) is 6.33 Å². The summed E-state index contributed by atoms with van der Waals surface area (Å²) in [4.78, 5) is 19.8. The van der Waals surface area contributed by atoms with Crippen molar-refractivity contribution in [2.75, 3.05) is 27.2 Å². The molecule has 4 aromatic rings. The monoisotopic (exact) mass is 579 g/mol. The van der Waals surface area contributed by atoms with Crippen LogP contribution in [0.3, 0.4) is 0 Å². The lowest BCUT2D eigenvalue weighted by molar-refractivity contribution is -0.141. The van der Waals surface area contributed by atoms with E-state index in [1.807, 2.05) is 28.0 Å². The highest BCUT2D eigenvalue weighted by Crippen LogP contribution is 2.45. The molecule has 0 radical (unpaired) electrons. The average molecular weight is 580 g/mol. The zero-order valence-corrected chi connectivity index (χ0v) is 23.5. The molecule has 1 aliphatic heterocycles.